The van der Waals surface area contributed by atoms with Gasteiger partial charge in [0.05, 0.1) is 21.7 Å². The maximum Gasteiger partial charge on any atom is 0.125 e. The van der Waals surface area contributed by atoms with E-state index in [1.807, 2.05) is 19.1 Å². The van der Waals surface area contributed by atoms with Gasteiger partial charge in [-0.3, -0.25) is 0 Å². The first-order chi connectivity index (χ1) is 7.65. The van der Waals surface area contributed by atoms with E-state index in [4.69, 9.17) is 9.47 Å². The van der Waals surface area contributed by atoms with Gasteiger partial charge in [-0.1, -0.05) is 31.3 Å². The van der Waals surface area contributed by atoms with Crippen molar-refractivity contribution in [3.05, 3.63) is 36.1 Å². The van der Waals surface area contributed by atoms with E-state index >= 15 is 0 Å². The van der Waals surface area contributed by atoms with Gasteiger partial charge in [-0.05, 0) is 23.7 Å². The van der Waals surface area contributed by atoms with Gasteiger partial charge in [0.15, 0.2) is 0 Å². The molecular weight excluding hydrogens is 216 g/mol. The van der Waals surface area contributed by atoms with E-state index in [1.54, 1.807) is 13.4 Å². The lowest BCUT2D eigenvalue weighted by Crippen LogP contribution is -2.24. The molecule has 0 aliphatic heterocycles. The molecule has 88 valence electrons. The van der Waals surface area contributed by atoms with Crippen molar-refractivity contribution in [1.29, 1.82) is 0 Å². The van der Waals surface area contributed by atoms with Crippen LogP contribution in [0.3, 0.4) is 0 Å². The molecule has 16 heavy (non-hydrogen) atoms. The van der Waals surface area contributed by atoms with E-state index in [9.17, 15) is 0 Å². The molecule has 1 aromatic carbocycles. The molecular formula is C13H20O2Si. The smallest absolute Gasteiger partial charge is 0.125 e. The lowest BCUT2D eigenvalue weighted by atomic mass is 10.3. The van der Waals surface area contributed by atoms with E-state index in [2.05, 4.69) is 25.2 Å². The average molecular weight is 236 g/mol. The molecule has 0 saturated heterocycles. The summed E-state index contributed by atoms with van der Waals surface area (Å²) in [5, 5.41) is 1.36. The summed E-state index contributed by atoms with van der Waals surface area (Å²) >= 11 is 0. The largest absolute Gasteiger partial charge is 0.465 e. The predicted molar refractivity (Wildman–Crippen MR) is 71.2 cm³/mol. The monoisotopic (exact) mass is 236 g/mol. The third kappa shape index (κ3) is 3.83. The van der Waals surface area contributed by atoms with Gasteiger partial charge in [0.1, 0.15) is 5.75 Å². The Hall–Kier alpha value is -1.06. The highest BCUT2D eigenvalue weighted by atomic mass is 28.3. The summed E-state index contributed by atoms with van der Waals surface area (Å²) in [6.45, 7) is 7.21. The van der Waals surface area contributed by atoms with Crippen LogP contribution in [0.15, 0.2) is 36.1 Å². The fourth-order valence-electron chi connectivity index (χ4n) is 1.49. The number of hydrogen-bond acceptors (Lipinski definition) is 2. The molecule has 0 aliphatic carbocycles. The number of rotatable bonds is 5. The first-order valence-corrected chi connectivity index (χ1v) is 8.44. The van der Waals surface area contributed by atoms with Crippen LogP contribution in [0.5, 0.6) is 5.75 Å². The van der Waals surface area contributed by atoms with Gasteiger partial charge in [0, 0.05) is 7.11 Å². The van der Waals surface area contributed by atoms with Gasteiger partial charge in [0.25, 0.3) is 0 Å². The molecule has 0 N–H and O–H groups in total. The van der Waals surface area contributed by atoms with Gasteiger partial charge < -0.3 is 9.47 Å². The number of para-hydroxylation sites is 1. The number of hydrogen-bond donors (Lipinski definition) is 0. The van der Waals surface area contributed by atoms with E-state index in [0.29, 0.717) is 6.61 Å². The van der Waals surface area contributed by atoms with Gasteiger partial charge in [-0.15, -0.1) is 0 Å². The van der Waals surface area contributed by atoms with Crippen LogP contribution in [0.2, 0.25) is 13.1 Å². The first kappa shape index (κ1) is 13.0. The fraction of sp³-hybridized carbons (Fsp3) is 0.385. The van der Waals surface area contributed by atoms with Crippen molar-refractivity contribution in [3.8, 4) is 5.75 Å². The highest BCUT2D eigenvalue weighted by Crippen LogP contribution is 2.09. The number of benzene rings is 1. The van der Waals surface area contributed by atoms with E-state index < -0.39 is 8.80 Å². The summed E-state index contributed by atoms with van der Waals surface area (Å²) in [7, 11) is 0.854. The van der Waals surface area contributed by atoms with Crippen LogP contribution in [0.25, 0.3) is 0 Å². The van der Waals surface area contributed by atoms with Crippen LogP contribution in [0.1, 0.15) is 6.92 Å². The van der Waals surface area contributed by atoms with Crippen molar-refractivity contribution < 1.29 is 9.47 Å². The Morgan fingerprint density at radius 1 is 1.31 bits per heavy atom. The zero-order chi connectivity index (χ0) is 12.0. The molecule has 2 nitrogen and oxygen atoms in total. The van der Waals surface area contributed by atoms with Crippen LogP contribution >= 0.6 is 0 Å². The Bertz CT molecular complexity index is 359. The van der Waals surface area contributed by atoms with Crippen molar-refractivity contribution in [3.63, 3.8) is 0 Å². The fourth-order valence-corrected chi connectivity index (χ4v) is 2.72. The molecule has 0 amide bonds. The molecule has 3 heteroatoms. The van der Waals surface area contributed by atoms with Gasteiger partial charge in [-0.2, -0.15) is 0 Å². The Kier molecular flexibility index (Phi) is 5.29. The minimum atomic E-state index is -0.833. The normalized spacial score (nSPS) is 11.9. The second-order valence-corrected chi connectivity index (χ2v) is 7.14. The van der Waals surface area contributed by atoms with E-state index in [0.717, 1.165) is 11.3 Å². The minimum Gasteiger partial charge on any atom is -0.465 e. The van der Waals surface area contributed by atoms with Gasteiger partial charge in [-0.25, -0.2) is 0 Å². The molecule has 0 aromatic heterocycles. The second-order valence-electron chi connectivity index (χ2n) is 4.21. The summed E-state index contributed by atoms with van der Waals surface area (Å²) in [5.41, 5.74) is 1.09. The lowest BCUT2D eigenvalue weighted by Gasteiger charge is -2.11. The van der Waals surface area contributed by atoms with Crippen molar-refractivity contribution in [1.82, 2.24) is 0 Å². The highest BCUT2D eigenvalue weighted by Gasteiger charge is 2.06. The van der Waals surface area contributed by atoms with Gasteiger partial charge in [0.2, 0.25) is 0 Å². The summed E-state index contributed by atoms with van der Waals surface area (Å²) in [6.07, 6.45) is 1.78. The highest BCUT2D eigenvalue weighted by molar-refractivity contribution is 6.71. The summed E-state index contributed by atoms with van der Waals surface area (Å²) in [6, 6.07) is 8.26. The van der Waals surface area contributed by atoms with Crippen LogP contribution in [-0.4, -0.2) is 22.5 Å². The molecule has 1 rings (SSSR count). The predicted octanol–water partition coefficient (Wildman–Crippen LogP) is 2.31. The molecule has 0 atom stereocenters. The zero-order valence-corrected chi connectivity index (χ0v) is 11.6. The lowest BCUT2D eigenvalue weighted by molar-refractivity contribution is 0.223. The molecule has 1 aromatic rings. The Balaban J connectivity index is 2.77. The maximum atomic E-state index is 5.71. The van der Waals surface area contributed by atoms with Crippen molar-refractivity contribution in [2.75, 3.05) is 13.7 Å². The van der Waals surface area contributed by atoms with Crippen LogP contribution in [0.4, 0.5) is 0 Å². The average Bonchev–Trinajstić information content (AvgIpc) is 2.27. The van der Waals surface area contributed by atoms with E-state index in [1.165, 1.54) is 5.19 Å². The number of methoxy groups -OCH3 is 1. The standard InChI is InChI=1S/C13H20O2Si/c1-11(9-14-2)10-15-12-7-5-6-8-13(12)16(3)4/h5-8,10,16H,9H2,1-4H3. The Morgan fingerprint density at radius 3 is 2.62 bits per heavy atom. The molecule has 0 heterocycles. The Morgan fingerprint density at radius 2 is 2.00 bits per heavy atom. The molecule has 0 fully saturated rings. The van der Waals surface area contributed by atoms with Crippen LogP contribution in [-0.2, 0) is 4.74 Å². The SMILES string of the molecule is COCC(C)=COc1ccccc1[SiH](C)C. The summed E-state index contributed by atoms with van der Waals surface area (Å²) in [4.78, 5) is 0. The molecule has 0 spiro atoms. The first-order valence-electron chi connectivity index (χ1n) is 5.55. The molecule has 0 radical (unpaired) electrons. The van der Waals surface area contributed by atoms with Crippen LogP contribution < -0.4 is 9.92 Å². The number of ether oxygens (including phenoxy) is 2. The zero-order valence-electron chi connectivity index (χ0n) is 10.5. The maximum absolute atomic E-state index is 5.71. The Labute approximate surface area is 99.5 Å². The molecule has 0 bridgehead atoms. The van der Waals surface area contributed by atoms with Gasteiger partial charge >= 0.3 is 0 Å². The molecule has 0 saturated carbocycles. The third-order valence-corrected chi connectivity index (χ3v) is 4.02. The second kappa shape index (κ2) is 6.50. The topological polar surface area (TPSA) is 18.5 Å². The summed E-state index contributed by atoms with van der Waals surface area (Å²) < 4.78 is 10.7. The van der Waals surface area contributed by atoms with E-state index in [-0.39, 0.29) is 0 Å². The molecule has 0 aliphatic rings. The third-order valence-electron chi connectivity index (χ3n) is 2.30. The van der Waals surface area contributed by atoms with Crippen molar-refractivity contribution in [2.24, 2.45) is 0 Å². The van der Waals surface area contributed by atoms with Crippen molar-refractivity contribution >= 4 is 14.0 Å². The molecule has 0 unspecified atom stereocenters. The quantitative estimate of drug-likeness (QED) is 0.577. The minimum absolute atomic E-state index is 0.612. The van der Waals surface area contributed by atoms with Crippen LogP contribution in [0, 0.1) is 0 Å². The van der Waals surface area contributed by atoms with Crippen molar-refractivity contribution in [2.45, 2.75) is 20.0 Å². The summed E-state index contributed by atoms with van der Waals surface area (Å²) in [5.74, 6) is 0.986.